The van der Waals surface area contributed by atoms with E-state index in [0.717, 1.165) is 56.7 Å². The second-order valence-corrected chi connectivity index (χ2v) is 10.4. The van der Waals surface area contributed by atoms with Crippen LogP contribution in [-0.4, -0.2) is 31.8 Å². The van der Waals surface area contributed by atoms with E-state index in [1.807, 2.05) is 4.72 Å². The van der Waals surface area contributed by atoms with Crippen molar-refractivity contribution in [1.29, 1.82) is 0 Å². The van der Waals surface area contributed by atoms with E-state index in [0.29, 0.717) is 5.41 Å². The topological polar surface area (TPSA) is 75.3 Å². The van der Waals surface area contributed by atoms with Crippen LogP contribution in [0.3, 0.4) is 0 Å². The van der Waals surface area contributed by atoms with Crippen LogP contribution < -0.4 is 10.0 Å². The SMILES string of the molecule is CC12CCC(NC(=O)c3ccc(F)cc3NS(=O)(=O)CCC(F)(F)F)(CC1)CC2. The molecule has 0 atom stereocenters. The van der Waals surface area contributed by atoms with E-state index >= 15 is 0 Å². The highest BCUT2D eigenvalue weighted by atomic mass is 32.2. The third kappa shape index (κ3) is 5.40. The number of anilines is 1. The van der Waals surface area contributed by atoms with Crippen molar-refractivity contribution in [1.82, 2.24) is 5.32 Å². The molecule has 4 rings (SSSR count). The average Bonchev–Trinajstić information content (AvgIpc) is 2.61. The van der Waals surface area contributed by atoms with Crippen LogP contribution >= 0.6 is 0 Å². The Kier molecular flexibility index (Phi) is 5.61. The molecule has 3 saturated carbocycles. The molecule has 0 radical (unpaired) electrons. The Hall–Kier alpha value is -1.84. The number of carbonyl (C=O) groups is 1. The van der Waals surface area contributed by atoms with E-state index in [-0.39, 0.29) is 16.8 Å². The van der Waals surface area contributed by atoms with Gasteiger partial charge in [0.25, 0.3) is 5.91 Å². The highest BCUT2D eigenvalue weighted by Crippen LogP contribution is 2.52. The van der Waals surface area contributed by atoms with E-state index in [2.05, 4.69) is 12.2 Å². The van der Waals surface area contributed by atoms with Crippen LogP contribution in [0.4, 0.5) is 23.2 Å². The molecule has 3 aliphatic carbocycles. The van der Waals surface area contributed by atoms with Gasteiger partial charge in [-0.15, -0.1) is 0 Å². The number of sulfonamides is 1. The van der Waals surface area contributed by atoms with Gasteiger partial charge in [-0.2, -0.15) is 13.2 Å². The number of benzene rings is 1. The summed E-state index contributed by atoms with van der Waals surface area (Å²) in [4.78, 5) is 12.9. The number of halogens is 4. The normalized spacial score (nSPS) is 26.9. The average molecular weight is 436 g/mol. The molecule has 5 nitrogen and oxygen atoms in total. The van der Waals surface area contributed by atoms with Gasteiger partial charge in [-0.05, 0) is 62.1 Å². The van der Waals surface area contributed by atoms with Gasteiger partial charge in [0.05, 0.1) is 23.4 Å². The lowest BCUT2D eigenvalue weighted by Gasteiger charge is -2.52. The third-order valence-electron chi connectivity index (χ3n) is 6.15. The molecule has 29 heavy (non-hydrogen) atoms. The molecule has 1 aromatic carbocycles. The number of carbonyl (C=O) groups excluding carboxylic acids is 1. The summed E-state index contributed by atoms with van der Waals surface area (Å²) in [6, 6.07) is 2.95. The summed E-state index contributed by atoms with van der Waals surface area (Å²) in [6.45, 7) is 2.23. The fourth-order valence-corrected chi connectivity index (χ4v) is 5.24. The van der Waals surface area contributed by atoms with Gasteiger partial charge in [0.2, 0.25) is 10.0 Å². The molecule has 3 aliphatic rings. The quantitative estimate of drug-likeness (QED) is 0.651. The Balaban J connectivity index is 1.77. The molecule has 0 spiro atoms. The first-order chi connectivity index (χ1) is 13.3. The number of hydrogen-bond donors (Lipinski definition) is 2. The molecule has 0 unspecified atom stereocenters. The lowest BCUT2D eigenvalue weighted by atomic mass is 9.58. The molecule has 1 aromatic rings. The van der Waals surface area contributed by atoms with Gasteiger partial charge >= 0.3 is 6.18 Å². The van der Waals surface area contributed by atoms with Crippen molar-refractivity contribution in [3.63, 3.8) is 0 Å². The Morgan fingerprint density at radius 2 is 1.69 bits per heavy atom. The number of fused-ring (bicyclic) bond motifs is 3. The Labute approximate surface area is 167 Å². The van der Waals surface area contributed by atoms with Crippen molar-refractivity contribution >= 4 is 21.6 Å². The van der Waals surface area contributed by atoms with Crippen molar-refractivity contribution < 1.29 is 30.8 Å². The number of amides is 1. The summed E-state index contributed by atoms with van der Waals surface area (Å²) in [6.07, 6.45) is -0.822. The van der Waals surface area contributed by atoms with Gasteiger partial charge in [-0.25, -0.2) is 12.8 Å². The molecular weight excluding hydrogens is 412 g/mol. The monoisotopic (exact) mass is 436 g/mol. The second-order valence-electron chi connectivity index (χ2n) is 8.52. The predicted molar refractivity (Wildman–Crippen MR) is 100 cm³/mol. The van der Waals surface area contributed by atoms with Gasteiger partial charge in [-0.3, -0.25) is 9.52 Å². The van der Waals surface area contributed by atoms with Crippen molar-refractivity contribution in [2.75, 3.05) is 10.5 Å². The van der Waals surface area contributed by atoms with Crippen molar-refractivity contribution in [3.05, 3.63) is 29.6 Å². The van der Waals surface area contributed by atoms with Crippen LogP contribution in [0.25, 0.3) is 0 Å². The summed E-state index contributed by atoms with van der Waals surface area (Å²) < 4.78 is 76.7. The smallest absolute Gasteiger partial charge is 0.347 e. The van der Waals surface area contributed by atoms with Crippen molar-refractivity contribution in [2.45, 2.75) is 63.6 Å². The molecule has 10 heteroatoms. The van der Waals surface area contributed by atoms with Crippen LogP contribution in [0.5, 0.6) is 0 Å². The first-order valence-electron chi connectivity index (χ1n) is 9.50. The first kappa shape index (κ1) is 21.9. The van der Waals surface area contributed by atoms with Crippen LogP contribution in [0, 0.1) is 11.2 Å². The van der Waals surface area contributed by atoms with Crippen LogP contribution in [0.2, 0.25) is 0 Å². The summed E-state index contributed by atoms with van der Waals surface area (Å²) >= 11 is 0. The van der Waals surface area contributed by atoms with E-state index in [9.17, 15) is 30.8 Å². The molecule has 0 heterocycles. The van der Waals surface area contributed by atoms with Gasteiger partial charge in [-0.1, -0.05) is 6.92 Å². The lowest BCUT2D eigenvalue weighted by Crippen LogP contribution is -2.56. The maximum Gasteiger partial charge on any atom is 0.390 e. The highest BCUT2D eigenvalue weighted by Gasteiger charge is 2.47. The minimum absolute atomic E-state index is 0.115. The Morgan fingerprint density at radius 3 is 2.24 bits per heavy atom. The second kappa shape index (κ2) is 7.45. The summed E-state index contributed by atoms with van der Waals surface area (Å²) in [5.41, 5.74) is -0.565. The van der Waals surface area contributed by atoms with Gasteiger partial charge in [0.15, 0.2) is 0 Å². The zero-order valence-electron chi connectivity index (χ0n) is 16.0. The van der Waals surface area contributed by atoms with Gasteiger partial charge in [0, 0.05) is 5.54 Å². The number of nitrogens with one attached hydrogen (secondary N) is 2. The third-order valence-corrected chi connectivity index (χ3v) is 7.42. The number of alkyl halides is 3. The van der Waals surface area contributed by atoms with Gasteiger partial charge < -0.3 is 5.32 Å². The Bertz CT molecular complexity index is 875. The number of hydrogen-bond acceptors (Lipinski definition) is 3. The summed E-state index contributed by atoms with van der Waals surface area (Å²) in [7, 11) is -4.41. The zero-order valence-corrected chi connectivity index (χ0v) is 16.9. The fourth-order valence-electron chi connectivity index (χ4n) is 4.14. The Morgan fingerprint density at radius 1 is 1.10 bits per heavy atom. The van der Waals surface area contributed by atoms with E-state index in [1.54, 1.807) is 0 Å². The summed E-state index contributed by atoms with van der Waals surface area (Å²) in [5, 5.41) is 2.98. The summed E-state index contributed by atoms with van der Waals surface area (Å²) in [5.74, 6) is -2.58. The zero-order chi connectivity index (χ0) is 21.5. The molecular formula is C19H24F4N2O3S. The van der Waals surface area contributed by atoms with E-state index in [4.69, 9.17) is 0 Å². The number of rotatable bonds is 6. The van der Waals surface area contributed by atoms with Crippen molar-refractivity contribution in [2.24, 2.45) is 5.41 Å². The molecule has 0 aromatic heterocycles. The molecule has 162 valence electrons. The first-order valence-corrected chi connectivity index (χ1v) is 11.2. The van der Waals surface area contributed by atoms with Gasteiger partial charge in [0.1, 0.15) is 5.82 Å². The minimum Gasteiger partial charge on any atom is -0.347 e. The lowest BCUT2D eigenvalue weighted by molar-refractivity contribution is -0.129. The predicted octanol–water partition coefficient (Wildman–Crippen LogP) is 4.36. The highest BCUT2D eigenvalue weighted by molar-refractivity contribution is 7.92. The molecule has 2 bridgehead atoms. The molecule has 3 fully saturated rings. The fraction of sp³-hybridized carbons (Fsp3) is 0.632. The maximum absolute atomic E-state index is 13.7. The van der Waals surface area contributed by atoms with E-state index < -0.39 is 40.1 Å². The molecule has 2 N–H and O–H groups in total. The van der Waals surface area contributed by atoms with Crippen LogP contribution in [0.15, 0.2) is 18.2 Å². The minimum atomic E-state index is -4.65. The largest absolute Gasteiger partial charge is 0.390 e. The van der Waals surface area contributed by atoms with Crippen molar-refractivity contribution in [3.8, 4) is 0 Å². The molecule has 1 amide bonds. The molecule has 0 saturated heterocycles. The standard InChI is InChI=1S/C19H24F4N2O3S/c1-17-4-7-18(8-5-17,9-6-17)24-16(26)14-3-2-13(20)12-15(14)25-29(27,28)11-10-19(21,22)23/h2-3,12,25H,4-11H2,1H3,(H,24,26). The maximum atomic E-state index is 13.7. The van der Waals surface area contributed by atoms with E-state index in [1.165, 1.54) is 0 Å². The van der Waals surface area contributed by atoms with Crippen LogP contribution in [0.1, 0.15) is 62.2 Å². The van der Waals surface area contributed by atoms with Crippen LogP contribution in [-0.2, 0) is 10.0 Å². The molecule has 0 aliphatic heterocycles.